The number of halogens is 3. The number of Topliss-reactive ketones (excluding diaryl/α,β-unsaturated/α-hetero) is 1. The Labute approximate surface area is 168 Å². The van der Waals surface area contributed by atoms with E-state index >= 15 is 0 Å². The summed E-state index contributed by atoms with van der Waals surface area (Å²) in [5.74, 6) is -0.180. The molecule has 0 radical (unpaired) electrons. The Morgan fingerprint density at radius 2 is 1.79 bits per heavy atom. The number of carbonyl (C=O) groups excluding carboxylic acids is 1. The second kappa shape index (κ2) is 7.79. The number of para-hydroxylation sites is 1. The Morgan fingerprint density at radius 3 is 2.55 bits per heavy atom. The van der Waals surface area contributed by atoms with E-state index in [-0.39, 0.29) is 16.7 Å². The minimum absolute atomic E-state index is 0.00898. The number of alkyl halides is 3. The normalized spacial score (nSPS) is 11.8. The summed E-state index contributed by atoms with van der Waals surface area (Å²) in [6.07, 6.45) is -1.36. The molecule has 0 aliphatic heterocycles. The van der Waals surface area contributed by atoms with Crippen LogP contribution in [0.5, 0.6) is 0 Å². The molecule has 0 atom stereocenters. The number of nitrogens with one attached hydrogen (secondary N) is 1. The number of ketones is 1. The van der Waals surface area contributed by atoms with Crippen molar-refractivity contribution >= 4 is 28.4 Å². The maximum Gasteiger partial charge on any atom is 0.406 e. The molecule has 4 nitrogen and oxygen atoms in total. The number of imidazole rings is 1. The number of rotatable bonds is 6. The van der Waals surface area contributed by atoms with Gasteiger partial charge < -0.3 is 9.55 Å². The Kier molecular flexibility index (Phi) is 5.19. The van der Waals surface area contributed by atoms with Crippen LogP contribution in [0.1, 0.15) is 10.4 Å². The number of hydrogen-bond acceptors (Lipinski definition) is 3. The molecule has 29 heavy (non-hydrogen) atoms. The van der Waals surface area contributed by atoms with Crippen LogP contribution in [-0.2, 0) is 6.54 Å². The van der Waals surface area contributed by atoms with Gasteiger partial charge in [-0.05, 0) is 11.6 Å². The zero-order valence-electron chi connectivity index (χ0n) is 15.1. The first-order valence-corrected chi connectivity index (χ1v) is 9.81. The van der Waals surface area contributed by atoms with E-state index < -0.39 is 12.7 Å². The number of aromatic amines is 1. The van der Waals surface area contributed by atoms with Crippen molar-refractivity contribution in [3.8, 4) is 11.3 Å². The van der Waals surface area contributed by atoms with Crippen LogP contribution in [0, 0.1) is 0 Å². The molecular formula is C21H16F3N3OS. The highest BCUT2D eigenvalue weighted by Crippen LogP contribution is 2.30. The lowest BCUT2D eigenvalue weighted by molar-refractivity contribution is -0.141. The smallest absolute Gasteiger partial charge is 0.360 e. The zero-order chi connectivity index (χ0) is 20.4. The van der Waals surface area contributed by atoms with Crippen LogP contribution >= 0.6 is 11.8 Å². The third-order valence-corrected chi connectivity index (χ3v) is 5.44. The predicted octanol–water partition coefficient (Wildman–Crippen LogP) is 5.57. The van der Waals surface area contributed by atoms with Crippen molar-refractivity contribution in [2.45, 2.75) is 17.9 Å². The number of benzene rings is 2. The van der Waals surface area contributed by atoms with Crippen LogP contribution in [0.2, 0.25) is 0 Å². The highest BCUT2D eigenvalue weighted by Gasteiger charge is 2.31. The number of nitrogens with zero attached hydrogens (tertiary/aromatic N) is 2. The molecule has 0 saturated carbocycles. The Bertz CT molecular complexity index is 1150. The van der Waals surface area contributed by atoms with Gasteiger partial charge in [0, 0.05) is 22.7 Å². The van der Waals surface area contributed by atoms with E-state index in [9.17, 15) is 18.0 Å². The van der Waals surface area contributed by atoms with E-state index in [4.69, 9.17) is 0 Å². The zero-order valence-corrected chi connectivity index (χ0v) is 15.9. The van der Waals surface area contributed by atoms with Gasteiger partial charge in [-0.1, -0.05) is 60.3 Å². The maximum absolute atomic E-state index is 13.2. The van der Waals surface area contributed by atoms with Gasteiger partial charge in [-0.2, -0.15) is 13.2 Å². The highest BCUT2D eigenvalue weighted by atomic mass is 32.2. The average molecular weight is 415 g/mol. The molecule has 0 aliphatic rings. The van der Waals surface area contributed by atoms with Crippen LogP contribution in [0.3, 0.4) is 0 Å². The monoisotopic (exact) mass is 415 g/mol. The fourth-order valence-corrected chi connectivity index (χ4v) is 4.02. The van der Waals surface area contributed by atoms with Crippen molar-refractivity contribution in [2.24, 2.45) is 0 Å². The Balaban J connectivity index is 1.60. The van der Waals surface area contributed by atoms with E-state index in [1.54, 1.807) is 36.5 Å². The molecule has 0 bridgehead atoms. The molecule has 2 heterocycles. The van der Waals surface area contributed by atoms with Crippen LogP contribution in [0.25, 0.3) is 22.2 Å². The molecule has 0 fully saturated rings. The first kappa shape index (κ1) is 19.3. The van der Waals surface area contributed by atoms with E-state index in [1.807, 2.05) is 24.3 Å². The fraction of sp³-hybridized carbons (Fsp3) is 0.143. The molecule has 0 saturated heterocycles. The van der Waals surface area contributed by atoms with E-state index in [1.165, 1.54) is 6.20 Å². The van der Waals surface area contributed by atoms with Crippen molar-refractivity contribution in [3.63, 3.8) is 0 Å². The molecule has 1 N–H and O–H groups in total. The molecule has 0 spiro atoms. The lowest BCUT2D eigenvalue weighted by Gasteiger charge is -2.14. The van der Waals surface area contributed by atoms with Crippen LogP contribution in [0.4, 0.5) is 13.2 Å². The summed E-state index contributed by atoms with van der Waals surface area (Å²) in [4.78, 5) is 19.9. The second-order valence-electron chi connectivity index (χ2n) is 6.45. The molecule has 0 aliphatic carbocycles. The summed E-state index contributed by atoms with van der Waals surface area (Å²) in [6.45, 7) is -1.17. The van der Waals surface area contributed by atoms with E-state index in [0.717, 1.165) is 27.2 Å². The van der Waals surface area contributed by atoms with Gasteiger partial charge in [0.2, 0.25) is 0 Å². The summed E-state index contributed by atoms with van der Waals surface area (Å²) in [5, 5.41) is 0.955. The second-order valence-corrected chi connectivity index (χ2v) is 7.40. The average Bonchev–Trinajstić information content (AvgIpc) is 3.30. The lowest BCUT2D eigenvalue weighted by atomic mass is 10.1. The van der Waals surface area contributed by atoms with Crippen molar-refractivity contribution in [1.82, 2.24) is 14.5 Å². The van der Waals surface area contributed by atoms with Gasteiger partial charge in [0.25, 0.3) is 0 Å². The third kappa shape index (κ3) is 4.22. The van der Waals surface area contributed by atoms with Crippen LogP contribution < -0.4 is 0 Å². The summed E-state index contributed by atoms with van der Waals surface area (Å²) >= 11 is 1.01. The van der Waals surface area contributed by atoms with Gasteiger partial charge in [0.05, 0.1) is 17.6 Å². The molecule has 2 aromatic heterocycles. The summed E-state index contributed by atoms with van der Waals surface area (Å²) in [5.41, 5.74) is 2.36. The van der Waals surface area contributed by atoms with Crippen molar-refractivity contribution < 1.29 is 18.0 Å². The molecule has 0 amide bonds. The first-order chi connectivity index (χ1) is 13.9. The molecule has 8 heteroatoms. The van der Waals surface area contributed by atoms with Gasteiger partial charge in [0.15, 0.2) is 10.9 Å². The van der Waals surface area contributed by atoms with Crippen molar-refractivity contribution in [3.05, 3.63) is 72.6 Å². The van der Waals surface area contributed by atoms with E-state index in [2.05, 4.69) is 9.97 Å². The number of fused-ring (bicyclic) bond motifs is 1. The highest BCUT2D eigenvalue weighted by molar-refractivity contribution is 7.99. The third-order valence-electron chi connectivity index (χ3n) is 4.45. The number of hydrogen-bond donors (Lipinski definition) is 1. The molecular weight excluding hydrogens is 399 g/mol. The number of thioether (sulfide) groups is 1. The van der Waals surface area contributed by atoms with Gasteiger partial charge in [-0.25, -0.2) is 4.98 Å². The van der Waals surface area contributed by atoms with Gasteiger partial charge in [0.1, 0.15) is 6.54 Å². The summed E-state index contributed by atoms with van der Waals surface area (Å²) < 4.78 is 40.6. The van der Waals surface area contributed by atoms with E-state index in [0.29, 0.717) is 16.8 Å². The number of H-pyrrole nitrogens is 1. The quantitative estimate of drug-likeness (QED) is 0.331. The molecule has 4 rings (SSSR count). The minimum Gasteiger partial charge on any atom is -0.360 e. The largest absolute Gasteiger partial charge is 0.406 e. The minimum atomic E-state index is -4.40. The van der Waals surface area contributed by atoms with Gasteiger partial charge in [-0.3, -0.25) is 4.79 Å². The molecule has 4 aromatic rings. The molecule has 0 unspecified atom stereocenters. The number of carbonyl (C=O) groups is 1. The SMILES string of the molecule is O=C(CSc1ncc(-c2ccccc2)n1CC(F)(F)F)c1c[nH]c2ccccc12. The Hall–Kier alpha value is -3.00. The van der Waals surface area contributed by atoms with Gasteiger partial charge >= 0.3 is 6.18 Å². The van der Waals surface area contributed by atoms with Crippen molar-refractivity contribution in [1.29, 1.82) is 0 Å². The summed E-state index contributed by atoms with van der Waals surface area (Å²) in [7, 11) is 0. The Morgan fingerprint density at radius 1 is 1.07 bits per heavy atom. The predicted molar refractivity (Wildman–Crippen MR) is 107 cm³/mol. The standard InChI is InChI=1S/C21H16F3N3OS/c22-21(23,24)13-27-18(14-6-2-1-3-7-14)11-26-20(27)29-12-19(28)16-10-25-17-9-5-4-8-15(16)17/h1-11,25H,12-13H2. The van der Waals surface area contributed by atoms with Crippen molar-refractivity contribution in [2.75, 3.05) is 5.75 Å². The maximum atomic E-state index is 13.2. The molecule has 2 aromatic carbocycles. The van der Waals surface area contributed by atoms with Gasteiger partial charge in [-0.15, -0.1) is 0 Å². The number of aromatic nitrogens is 3. The lowest BCUT2D eigenvalue weighted by Crippen LogP contribution is -2.19. The summed E-state index contributed by atoms with van der Waals surface area (Å²) in [6, 6.07) is 16.2. The first-order valence-electron chi connectivity index (χ1n) is 8.82. The topological polar surface area (TPSA) is 50.7 Å². The van der Waals surface area contributed by atoms with Crippen LogP contribution in [0.15, 0.2) is 72.1 Å². The fourth-order valence-electron chi connectivity index (χ4n) is 3.16. The van der Waals surface area contributed by atoms with Crippen LogP contribution in [-0.4, -0.2) is 32.2 Å². The molecule has 148 valence electrons.